The second-order valence-electron chi connectivity index (χ2n) is 4.38. The lowest BCUT2D eigenvalue weighted by Crippen LogP contribution is -2.34. The van der Waals surface area contributed by atoms with E-state index in [-0.39, 0.29) is 17.9 Å². The van der Waals surface area contributed by atoms with Crippen LogP contribution in [0.5, 0.6) is 0 Å². The Kier molecular flexibility index (Phi) is 3.19. The Morgan fingerprint density at radius 2 is 2.38 bits per heavy atom. The van der Waals surface area contributed by atoms with Gasteiger partial charge < -0.3 is 11.1 Å². The third kappa shape index (κ3) is 2.39. The maximum Gasteiger partial charge on any atom is 0.229 e. The lowest BCUT2D eigenvalue weighted by Gasteiger charge is -2.15. The van der Waals surface area contributed by atoms with Crippen molar-refractivity contribution in [3.05, 3.63) is 24.0 Å². The van der Waals surface area contributed by atoms with Gasteiger partial charge in [-0.3, -0.25) is 9.78 Å². The number of nitrogens with one attached hydrogen (secondary N) is 1. The van der Waals surface area contributed by atoms with Crippen molar-refractivity contribution in [2.24, 2.45) is 11.7 Å². The van der Waals surface area contributed by atoms with Crippen LogP contribution in [0.15, 0.2) is 18.3 Å². The molecule has 1 heterocycles. The number of carbonyl (C=O) groups is 1. The standard InChI is InChI=1S/C12H17N3O/c1-8-7-9(5-6-14-8)15-12(16)10-3-2-4-11(10)13/h5-7,10-11H,2-4,13H2,1H3,(H,14,15,16). The maximum atomic E-state index is 11.9. The van der Waals surface area contributed by atoms with Crippen LogP contribution in [-0.2, 0) is 4.79 Å². The van der Waals surface area contributed by atoms with E-state index in [1.54, 1.807) is 12.3 Å². The van der Waals surface area contributed by atoms with E-state index in [0.717, 1.165) is 30.6 Å². The highest BCUT2D eigenvalue weighted by atomic mass is 16.1. The van der Waals surface area contributed by atoms with Crippen molar-refractivity contribution < 1.29 is 4.79 Å². The number of aryl methyl sites for hydroxylation is 1. The summed E-state index contributed by atoms with van der Waals surface area (Å²) in [5, 5.41) is 2.90. The van der Waals surface area contributed by atoms with Crippen LogP contribution in [0.2, 0.25) is 0 Å². The Balaban J connectivity index is 2.02. The quantitative estimate of drug-likeness (QED) is 0.791. The molecule has 0 aliphatic heterocycles. The van der Waals surface area contributed by atoms with Gasteiger partial charge in [-0.15, -0.1) is 0 Å². The molecule has 16 heavy (non-hydrogen) atoms. The summed E-state index contributed by atoms with van der Waals surface area (Å²) in [5.41, 5.74) is 7.59. The summed E-state index contributed by atoms with van der Waals surface area (Å²) in [6.45, 7) is 1.90. The monoisotopic (exact) mass is 219 g/mol. The number of nitrogens with two attached hydrogens (primary N) is 1. The molecule has 0 radical (unpaired) electrons. The first kappa shape index (κ1) is 11.1. The number of pyridine rings is 1. The topological polar surface area (TPSA) is 68.0 Å². The van der Waals surface area contributed by atoms with Crippen LogP contribution in [-0.4, -0.2) is 16.9 Å². The van der Waals surface area contributed by atoms with Crippen LogP contribution >= 0.6 is 0 Å². The largest absolute Gasteiger partial charge is 0.327 e. The van der Waals surface area contributed by atoms with Gasteiger partial charge in [0.1, 0.15) is 0 Å². The highest BCUT2D eigenvalue weighted by molar-refractivity contribution is 5.93. The lowest BCUT2D eigenvalue weighted by atomic mass is 10.0. The highest BCUT2D eigenvalue weighted by Gasteiger charge is 2.30. The molecule has 1 saturated carbocycles. The third-order valence-corrected chi connectivity index (χ3v) is 3.07. The van der Waals surface area contributed by atoms with E-state index in [1.807, 2.05) is 13.0 Å². The van der Waals surface area contributed by atoms with Gasteiger partial charge in [0.2, 0.25) is 5.91 Å². The number of hydrogen-bond acceptors (Lipinski definition) is 3. The fourth-order valence-electron chi connectivity index (χ4n) is 2.17. The smallest absolute Gasteiger partial charge is 0.229 e. The van der Waals surface area contributed by atoms with Gasteiger partial charge in [-0.05, 0) is 31.9 Å². The molecule has 4 nitrogen and oxygen atoms in total. The molecule has 1 aliphatic rings. The van der Waals surface area contributed by atoms with Crippen molar-refractivity contribution >= 4 is 11.6 Å². The molecule has 0 saturated heterocycles. The minimum Gasteiger partial charge on any atom is -0.327 e. The van der Waals surface area contributed by atoms with E-state index in [9.17, 15) is 4.79 Å². The van der Waals surface area contributed by atoms with Gasteiger partial charge in [-0.2, -0.15) is 0 Å². The predicted octanol–water partition coefficient (Wildman–Crippen LogP) is 1.46. The fourth-order valence-corrected chi connectivity index (χ4v) is 2.17. The van der Waals surface area contributed by atoms with Crippen molar-refractivity contribution in [3.63, 3.8) is 0 Å². The number of amides is 1. The molecular weight excluding hydrogens is 202 g/mol. The number of hydrogen-bond donors (Lipinski definition) is 2. The summed E-state index contributed by atoms with van der Waals surface area (Å²) in [6.07, 6.45) is 4.60. The van der Waals surface area contributed by atoms with Gasteiger partial charge in [0, 0.05) is 23.6 Å². The van der Waals surface area contributed by atoms with Crippen molar-refractivity contribution in [2.75, 3.05) is 5.32 Å². The van der Waals surface area contributed by atoms with Crippen LogP contribution in [0.3, 0.4) is 0 Å². The molecule has 2 unspecified atom stereocenters. The second-order valence-corrected chi connectivity index (χ2v) is 4.38. The van der Waals surface area contributed by atoms with E-state index < -0.39 is 0 Å². The molecule has 3 N–H and O–H groups in total. The molecule has 0 bridgehead atoms. The van der Waals surface area contributed by atoms with Crippen LogP contribution in [0, 0.1) is 12.8 Å². The van der Waals surface area contributed by atoms with E-state index in [1.165, 1.54) is 0 Å². The average molecular weight is 219 g/mol. The summed E-state index contributed by atoms with van der Waals surface area (Å²) in [7, 11) is 0. The van der Waals surface area contributed by atoms with Gasteiger partial charge in [0.25, 0.3) is 0 Å². The zero-order chi connectivity index (χ0) is 11.5. The number of nitrogens with zero attached hydrogens (tertiary/aromatic N) is 1. The van der Waals surface area contributed by atoms with E-state index in [0.29, 0.717) is 0 Å². The zero-order valence-electron chi connectivity index (χ0n) is 9.44. The molecule has 2 rings (SSSR count). The fraction of sp³-hybridized carbons (Fsp3) is 0.500. The summed E-state index contributed by atoms with van der Waals surface area (Å²) < 4.78 is 0. The maximum absolute atomic E-state index is 11.9. The molecule has 86 valence electrons. The van der Waals surface area contributed by atoms with E-state index in [4.69, 9.17) is 5.73 Å². The lowest BCUT2D eigenvalue weighted by molar-refractivity contribution is -0.120. The van der Waals surface area contributed by atoms with Crippen LogP contribution in [0.25, 0.3) is 0 Å². The van der Waals surface area contributed by atoms with Crippen LogP contribution in [0.4, 0.5) is 5.69 Å². The van der Waals surface area contributed by atoms with Gasteiger partial charge in [0.15, 0.2) is 0 Å². The first-order valence-corrected chi connectivity index (χ1v) is 5.66. The molecular formula is C12H17N3O. The Labute approximate surface area is 95.3 Å². The number of aromatic nitrogens is 1. The summed E-state index contributed by atoms with van der Waals surface area (Å²) in [6, 6.07) is 3.67. The molecule has 1 fully saturated rings. The number of rotatable bonds is 2. The molecule has 1 amide bonds. The molecule has 2 atom stereocenters. The van der Waals surface area contributed by atoms with Gasteiger partial charge >= 0.3 is 0 Å². The van der Waals surface area contributed by atoms with Crippen LogP contribution in [0.1, 0.15) is 25.0 Å². The summed E-state index contributed by atoms with van der Waals surface area (Å²) in [5.74, 6) is 0.00377. The Morgan fingerprint density at radius 3 is 3.00 bits per heavy atom. The van der Waals surface area contributed by atoms with Gasteiger partial charge in [-0.1, -0.05) is 6.42 Å². The van der Waals surface area contributed by atoms with Crippen molar-refractivity contribution in [1.82, 2.24) is 4.98 Å². The average Bonchev–Trinajstić information content (AvgIpc) is 2.64. The normalized spacial score (nSPS) is 24.4. The first-order chi connectivity index (χ1) is 7.66. The molecule has 1 aliphatic carbocycles. The zero-order valence-corrected chi connectivity index (χ0v) is 9.44. The summed E-state index contributed by atoms with van der Waals surface area (Å²) >= 11 is 0. The molecule has 0 spiro atoms. The van der Waals surface area contributed by atoms with Gasteiger partial charge in [0.05, 0.1) is 5.92 Å². The number of carbonyl (C=O) groups excluding carboxylic acids is 1. The Bertz CT molecular complexity index is 392. The molecule has 1 aromatic rings. The van der Waals surface area contributed by atoms with E-state index >= 15 is 0 Å². The van der Waals surface area contributed by atoms with E-state index in [2.05, 4.69) is 10.3 Å². The van der Waals surface area contributed by atoms with Crippen LogP contribution < -0.4 is 11.1 Å². The third-order valence-electron chi connectivity index (χ3n) is 3.07. The van der Waals surface area contributed by atoms with Gasteiger partial charge in [-0.25, -0.2) is 0 Å². The second kappa shape index (κ2) is 4.61. The van der Waals surface area contributed by atoms with Crippen molar-refractivity contribution in [2.45, 2.75) is 32.2 Å². The minimum atomic E-state index is -0.0338. The molecule has 1 aromatic heterocycles. The molecule has 0 aromatic carbocycles. The van der Waals surface area contributed by atoms with Crippen molar-refractivity contribution in [3.8, 4) is 0 Å². The predicted molar refractivity (Wildman–Crippen MR) is 62.9 cm³/mol. The SMILES string of the molecule is Cc1cc(NC(=O)C2CCCC2N)ccn1. The number of anilines is 1. The van der Waals surface area contributed by atoms with Crippen molar-refractivity contribution in [1.29, 1.82) is 0 Å². The first-order valence-electron chi connectivity index (χ1n) is 5.66. The molecule has 4 heteroatoms. The Hall–Kier alpha value is -1.42. The Morgan fingerprint density at radius 1 is 1.56 bits per heavy atom. The highest BCUT2D eigenvalue weighted by Crippen LogP contribution is 2.25. The summed E-state index contributed by atoms with van der Waals surface area (Å²) in [4.78, 5) is 16.0. The minimum absolute atomic E-state index is 0.0166.